The van der Waals surface area contributed by atoms with Crippen molar-refractivity contribution >= 4 is 37.5 Å². The molecule has 0 aliphatic carbocycles. The molecule has 0 spiro atoms. The first-order valence-corrected chi connectivity index (χ1v) is 12.0. The molecule has 8 heteroatoms. The zero-order chi connectivity index (χ0) is 20.9. The molecule has 0 bridgehead atoms. The Bertz CT molecular complexity index is 662. The van der Waals surface area contributed by atoms with Crippen LogP contribution in [0.5, 0.6) is 5.75 Å². The van der Waals surface area contributed by atoms with E-state index in [1.807, 2.05) is 6.08 Å². The summed E-state index contributed by atoms with van der Waals surface area (Å²) in [7, 11) is -0.505. The third-order valence-electron chi connectivity index (χ3n) is 3.78. The summed E-state index contributed by atoms with van der Waals surface area (Å²) in [5, 5.41) is 0. The Kier molecular flexibility index (Phi) is 11.2. The molecule has 0 aliphatic heterocycles. The van der Waals surface area contributed by atoms with Crippen molar-refractivity contribution < 1.29 is 27.9 Å². The van der Waals surface area contributed by atoms with E-state index in [0.717, 1.165) is 10.5 Å². The van der Waals surface area contributed by atoms with Crippen molar-refractivity contribution in [3.8, 4) is 5.75 Å². The van der Waals surface area contributed by atoms with Gasteiger partial charge in [-0.1, -0.05) is 37.8 Å². The van der Waals surface area contributed by atoms with Crippen molar-refractivity contribution in [1.29, 1.82) is 0 Å². The van der Waals surface area contributed by atoms with Crippen molar-refractivity contribution in [2.24, 2.45) is 0 Å². The molecule has 1 aromatic carbocycles. The lowest BCUT2D eigenvalue weighted by molar-refractivity contribution is -0.146. The molecule has 6 nitrogen and oxygen atoms in total. The van der Waals surface area contributed by atoms with Gasteiger partial charge in [-0.3, -0.25) is 0 Å². The summed E-state index contributed by atoms with van der Waals surface area (Å²) in [5.74, 6) is -0.696. The fraction of sp³-hybridized carbons (Fsp3) is 0.400. The van der Waals surface area contributed by atoms with Crippen LogP contribution in [0.25, 0.3) is 6.08 Å². The van der Waals surface area contributed by atoms with Crippen LogP contribution in [0.15, 0.2) is 41.6 Å². The molecule has 154 valence electrons. The molecule has 0 saturated carbocycles. The number of hydrogen-bond acceptors (Lipinski definition) is 6. The van der Waals surface area contributed by atoms with Gasteiger partial charge in [-0.15, -0.1) is 0 Å². The summed E-state index contributed by atoms with van der Waals surface area (Å²) in [6, 6.07) is 7.11. The molecule has 1 atom stereocenters. The van der Waals surface area contributed by atoms with Gasteiger partial charge in [0.1, 0.15) is 28.4 Å². The maximum absolute atomic E-state index is 12.0. The van der Waals surface area contributed by atoms with E-state index in [0.29, 0.717) is 23.5 Å². The topological polar surface area (TPSA) is 71.1 Å². The van der Waals surface area contributed by atoms with E-state index in [1.54, 1.807) is 38.1 Å². The van der Waals surface area contributed by atoms with E-state index in [2.05, 4.69) is 19.5 Å². The third-order valence-corrected chi connectivity index (χ3v) is 7.93. The number of esters is 2. The van der Waals surface area contributed by atoms with Crippen LogP contribution in [0.1, 0.15) is 33.3 Å². The first kappa shape index (κ1) is 23.9. The number of rotatable bonds is 11. The monoisotopic (exact) mass is 422 g/mol. The summed E-state index contributed by atoms with van der Waals surface area (Å²) in [5.41, 5.74) is 3.26. The fourth-order valence-corrected chi connectivity index (χ4v) is 5.98. The minimum atomic E-state index is -1.26. The average Bonchev–Trinajstić information content (AvgIpc) is 2.67. The smallest absolute Gasteiger partial charge is 0.345 e. The lowest BCUT2D eigenvalue weighted by Gasteiger charge is -2.13. The van der Waals surface area contributed by atoms with Gasteiger partial charge in [-0.2, -0.15) is 0 Å². The molecule has 1 aromatic rings. The minimum Gasteiger partial charge on any atom is -0.490 e. The molecule has 0 N–H and O–H groups in total. The van der Waals surface area contributed by atoms with Gasteiger partial charge in [0.05, 0.1) is 13.2 Å². The number of ether oxygens (including phenoxy) is 3. The summed E-state index contributed by atoms with van der Waals surface area (Å²) in [6.45, 7) is 8.54. The van der Waals surface area contributed by atoms with E-state index in [1.165, 1.54) is 6.08 Å². The van der Waals surface area contributed by atoms with Crippen LogP contribution in [0, 0.1) is 0 Å². The molecule has 28 heavy (non-hydrogen) atoms. The van der Waals surface area contributed by atoms with Crippen molar-refractivity contribution in [2.75, 3.05) is 19.8 Å². The van der Waals surface area contributed by atoms with Gasteiger partial charge in [0.15, 0.2) is 9.04 Å². The Morgan fingerprint density at radius 2 is 1.64 bits per heavy atom. The minimum absolute atomic E-state index is 0.131. The SMILES string of the molecule is CCOC(=O)C(=Cc1ccc(OCC=C[SiH](O[SiH3])C(C)C)cc1)C(=O)OCC. The van der Waals surface area contributed by atoms with E-state index in [9.17, 15) is 9.59 Å². The highest BCUT2D eigenvalue weighted by Gasteiger charge is 2.20. The van der Waals surface area contributed by atoms with Crippen LogP contribution in [-0.2, 0) is 23.2 Å². The molecular formula is C20H30O6Si2. The normalized spacial score (nSPS) is 12.0. The number of benzene rings is 1. The van der Waals surface area contributed by atoms with Gasteiger partial charge in [0.25, 0.3) is 0 Å². The van der Waals surface area contributed by atoms with E-state index in [-0.39, 0.29) is 18.8 Å². The lowest BCUT2D eigenvalue weighted by Crippen LogP contribution is -2.18. The largest absolute Gasteiger partial charge is 0.490 e. The molecule has 0 radical (unpaired) electrons. The molecule has 0 amide bonds. The van der Waals surface area contributed by atoms with Gasteiger partial charge < -0.3 is 18.3 Å². The van der Waals surface area contributed by atoms with Crippen molar-refractivity contribution in [2.45, 2.75) is 33.2 Å². The van der Waals surface area contributed by atoms with Crippen LogP contribution < -0.4 is 4.74 Å². The summed E-state index contributed by atoms with van der Waals surface area (Å²) in [6.07, 6.45) is 3.46. The maximum atomic E-state index is 12.0. The standard InChI is InChI=1S/C20H30O6Si2/c1-5-23-19(21)18(20(22)24-6-2)14-16-8-10-17(11-9-16)25-12-7-13-28(26-27)15(3)4/h7-11,13-15,28H,5-6,12H2,1-4,27H3. The van der Waals surface area contributed by atoms with Crippen molar-refractivity contribution in [3.63, 3.8) is 0 Å². The van der Waals surface area contributed by atoms with Crippen molar-refractivity contribution in [1.82, 2.24) is 0 Å². The van der Waals surface area contributed by atoms with Gasteiger partial charge in [0.2, 0.25) is 0 Å². The lowest BCUT2D eigenvalue weighted by atomic mass is 10.1. The fourth-order valence-electron chi connectivity index (χ4n) is 2.35. The van der Waals surface area contributed by atoms with Crippen LogP contribution in [0.3, 0.4) is 0 Å². The number of carbonyl (C=O) groups is 2. The van der Waals surface area contributed by atoms with Crippen LogP contribution >= 0.6 is 0 Å². The molecular weight excluding hydrogens is 392 g/mol. The zero-order valence-electron chi connectivity index (χ0n) is 17.3. The quantitative estimate of drug-likeness (QED) is 0.179. The van der Waals surface area contributed by atoms with Crippen LogP contribution in [0.4, 0.5) is 0 Å². The van der Waals surface area contributed by atoms with Gasteiger partial charge in [0, 0.05) is 0 Å². The Labute approximate surface area is 171 Å². The third kappa shape index (κ3) is 8.24. The first-order valence-electron chi connectivity index (χ1n) is 9.41. The van der Waals surface area contributed by atoms with Gasteiger partial charge in [-0.05, 0) is 43.2 Å². The summed E-state index contributed by atoms with van der Waals surface area (Å²) in [4.78, 5) is 24.0. The second-order valence-electron chi connectivity index (χ2n) is 6.25. The summed E-state index contributed by atoms with van der Waals surface area (Å²) >= 11 is 0. The molecule has 0 heterocycles. The first-order chi connectivity index (χ1) is 13.4. The second kappa shape index (κ2) is 13.1. The highest BCUT2D eigenvalue weighted by atomic mass is 28.3. The Morgan fingerprint density at radius 3 is 2.11 bits per heavy atom. The molecule has 1 rings (SSSR count). The molecule has 0 saturated heterocycles. The molecule has 0 aromatic heterocycles. The second-order valence-corrected chi connectivity index (χ2v) is 10.8. The predicted octanol–water partition coefficient (Wildman–Crippen LogP) is 2.10. The van der Waals surface area contributed by atoms with Crippen LogP contribution in [-0.4, -0.2) is 51.3 Å². The van der Waals surface area contributed by atoms with Crippen LogP contribution in [0.2, 0.25) is 5.54 Å². The zero-order valence-corrected chi connectivity index (χ0v) is 20.4. The van der Waals surface area contributed by atoms with Crippen molar-refractivity contribution in [3.05, 3.63) is 47.2 Å². The Balaban J connectivity index is 2.78. The molecule has 0 aliphatic rings. The average molecular weight is 423 g/mol. The Hall–Kier alpha value is -2.17. The number of carbonyl (C=O) groups excluding carboxylic acids is 2. The number of hydrogen-bond donors (Lipinski definition) is 0. The molecule has 1 unspecified atom stereocenters. The highest BCUT2D eigenvalue weighted by molar-refractivity contribution is 6.62. The van der Waals surface area contributed by atoms with E-state index < -0.39 is 21.0 Å². The predicted molar refractivity (Wildman–Crippen MR) is 116 cm³/mol. The van der Waals surface area contributed by atoms with Gasteiger partial charge in [-0.25, -0.2) is 9.59 Å². The van der Waals surface area contributed by atoms with E-state index in [4.69, 9.17) is 18.3 Å². The molecule has 0 fully saturated rings. The summed E-state index contributed by atoms with van der Waals surface area (Å²) < 4.78 is 21.2. The Morgan fingerprint density at radius 1 is 1.07 bits per heavy atom. The highest BCUT2D eigenvalue weighted by Crippen LogP contribution is 2.16. The van der Waals surface area contributed by atoms with Gasteiger partial charge >= 0.3 is 11.9 Å². The van der Waals surface area contributed by atoms with E-state index >= 15 is 0 Å². The maximum Gasteiger partial charge on any atom is 0.345 e.